The summed E-state index contributed by atoms with van der Waals surface area (Å²) in [6.07, 6.45) is 1.79. The Morgan fingerprint density at radius 3 is 2.81 bits per heavy atom. The molecule has 0 fully saturated rings. The number of para-hydroxylation sites is 1. The first-order valence-corrected chi connectivity index (χ1v) is 7.39. The Kier molecular flexibility index (Phi) is 3.62. The number of pyridine rings is 1. The molecule has 6 heteroatoms. The van der Waals surface area contributed by atoms with Crippen LogP contribution in [-0.4, -0.2) is 31.4 Å². The van der Waals surface area contributed by atoms with E-state index in [4.69, 9.17) is 5.11 Å². The molecule has 3 aromatic rings. The number of carboxylic acids is 1. The molecule has 1 aromatic carbocycles. The van der Waals surface area contributed by atoms with Gasteiger partial charge in [-0.05, 0) is 30.7 Å². The number of thioether (sulfide) groups is 1. The van der Waals surface area contributed by atoms with Gasteiger partial charge in [0.05, 0.1) is 5.75 Å². The number of benzene rings is 1. The highest BCUT2D eigenvalue weighted by Gasteiger charge is 2.15. The predicted octanol–water partition coefficient (Wildman–Crippen LogP) is 2.91. The van der Waals surface area contributed by atoms with E-state index in [1.807, 2.05) is 47.9 Å². The van der Waals surface area contributed by atoms with E-state index >= 15 is 0 Å². The molecule has 0 aliphatic carbocycles. The molecule has 5 nitrogen and oxygen atoms in total. The van der Waals surface area contributed by atoms with Crippen molar-refractivity contribution in [1.82, 2.24) is 14.5 Å². The second-order valence-electron chi connectivity index (χ2n) is 4.60. The quantitative estimate of drug-likeness (QED) is 0.750. The fourth-order valence-corrected chi connectivity index (χ4v) is 2.81. The monoisotopic (exact) mass is 299 g/mol. The molecule has 0 amide bonds. The summed E-state index contributed by atoms with van der Waals surface area (Å²) in [6.45, 7) is 1.96. The zero-order chi connectivity index (χ0) is 14.8. The Morgan fingerprint density at radius 2 is 2.10 bits per heavy atom. The van der Waals surface area contributed by atoms with Crippen LogP contribution < -0.4 is 0 Å². The summed E-state index contributed by atoms with van der Waals surface area (Å²) in [4.78, 5) is 19.8. The van der Waals surface area contributed by atoms with E-state index in [1.54, 1.807) is 6.20 Å². The molecule has 0 aliphatic heterocycles. The number of fused-ring (bicyclic) bond motifs is 1. The maximum absolute atomic E-state index is 10.8. The summed E-state index contributed by atoms with van der Waals surface area (Å²) in [6, 6.07) is 11.7. The molecule has 0 unspecified atom stereocenters. The van der Waals surface area contributed by atoms with Crippen molar-refractivity contribution in [2.75, 3.05) is 5.75 Å². The van der Waals surface area contributed by atoms with Gasteiger partial charge >= 0.3 is 5.97 Å². The molecule has 0 radical (unpaired) electrons. The lowest BCUT2D eigenvalue weighted by atomic mass is 10.3. The number of aliphatic carboxylic acids is 1. The summed E-state index contributed by atoms with van der Waals surface area (Å²) in [5.74, 6) is -0.898. The van der Waals surface area contributed by atoms with Crippen molar-refractivity contribution < 1.29 is 9.90 Å². The van der Waals surface area contributed by atoms with Crippen molar-refractivity contribution in [1.29, 1.82) is 0 Å². The first kappa shape index (κ1) is 13.6. The van der Waals surface area contributed by atoms with Gasteiger partial charge < -0.3 is 5.11 Å². The fourth-order valence-electron chi connectivity index (χ4n) is 2.08. The minimum Gasteiger partial charge on any atom is -0.481 e. The van der Waals surface area contributed by atoms with Gasteiger partial charge in [0, 0.05) is 11.9 Å². The third-order valence-corrected chi connectivity index (χ3v) is 3.87. The van der Waals surface area contributed by atoms with E-state index in [9.17, 15) is 4.79 Å². The predicted molar refractivity (Wildman–Crippen MR) is 82.0 cm³/mol. The van der Waals surface area contributed by atoms with Crippen LogP contribution in [0.2, 0.25) is 0 Å². The average Bonchev–Trinajstić information content (AvgIpc) is 2.83. The summed E-state index contributed by atoms with van der Waals surface area (Å²) in [7, 11) is 0. The van der Waals surface area contributed by atoms with Crippen LogP contribution in [-0.2, 0) is 4.79 Å². The second kappa shape index (κ2) is 5.57. The Balaban J connectivity index is 2.18. The van der Waals surface area contributed by atoms with Crippen LogP contribution in [0.4, 0.5) is 0 Å². The molecule has 3 rings (SSSR count). The van der Waals surface area contributed by atoms with Crippen LogP contribution in [0.15, 0.2) is 47.8 Å². The number of nitrogens with zero attached hydrogens (tertiary/aromatic N) is 3. The van der Waals surface area contributed by atoms with E-state index in [1.165, 1.54) is 11.8 Å². The number of rotatable bonds is 4. The molecule has 1 N–H and O–H groups in total. The van der Waals surface area contributed by atoms with Crippen LogP contribution in [0.25, 0.3) is 16.9 Å². The molecular weight excluding hydrogens is 286 g/mol. The lowest BCUT2D eigenvalue weighted by Crippen LogP contribution is -2.02. The van der Waals surface area contributed by atoms with Crippen molar-refractivity contribution in [3.05, 3.63) is 48.2 Å². The average molecular weight is 299 g/mol. The van der Waals surface area contributed by atoms with Gasteiger partial charge in [-0.3, -0.25) is 9.36 Å². The molecule has 0 saturated carbocycles. The summed E-state index contributed by atoms with van der Waals surface area (Å²) < 4.78 is 1.89. The van der Waals surface area contributed by atoms with Crippen molar-refractivity contribution in [2.45, 2.75) is 12.1 Å². The van der Waals surface area contributed by atoms with E-state index in [0.29, 0.717) is 5.16 Å². The van der Waals surface area contributed by atoms with Crippen LogP contribution in [0.5, 0.6) is 0 Å². The minimum atomic E-state index is -0.865. The number of hydrogen-bond donors (Lipinski definition) is 1. The SMILES string of the molecule is Cc1cnc2c(c1)nc(SCC(=O)O)n2-c1ccccc1. The van der Waals surface area contributed by atoms with Crippen LogP contribution >= 0.6 is 11.8 Å². The lowest BCUT2D eigenvalue weighted by Gasteiger charge is -2.07. The molecular formula is C15H13N3O2S. The Labute approximate surface area is 125 Å². The number of carbonyl (C=O) groups is 1. The fraction of sp³-hybridized carbons (Fsp3) is 0.133. The van der Waals surface area contributed by atoms with Gasteiger partial charge in [0.1, 0.15) is 5.52 Å². The number of hydrogen-bond acceptors (Lipinski definition) is 4. The van der Waals surface area contributed by atoms with E-state index in [2.05, 4.69) is 9.97 Å². The summed E-state index contributed by atoms with van der Waals surface area (Å²) in [5, 5.41) is 9.52. The standard InChI is InChI=1S/C15H13N3O2S/c1-10-7-12-14(16-8-10)18(11-5-3-2-4-6-11)15(17-12)21-9-13(19)20/h2-8H,9H2,1H3,(H,19,20). The molecule has 2 aromatic heterocycles. The summed E-state index contributed by atoms with van der Waals surface area (Å²) in [5.41, 5.74) is 3.45. The molecule has 106 valence electrons. The molecule has 0 bridgehead atoms. The van der Waals surface area contributed by atoms with Crippen LogP contribution in [0.1, 0.15) is 5.56 Å². The molecule has 0 aliphatic rings. The van der Waals surface area contributed by atoms with Crippen LogP contribution in [0, 0.1) is 6.92 Å². The normalized spacial score (nSPS) is 10.9. The van der Waals surface area contributed by atoms with E-state index in [-0.39, 0.29) is 5.75 Å². The van der Waals surface area contributed by atoms with Crippen molar-refractivity contribution in [3.8, 4) is 5.69 Å². The van der Waals surface area contributed by atoms with Gasteiger partial charge in [-0.25, -0.2) is 9.97 Å². The van der Waals surface area contributed by atoms with Crippen molar-refractivity contribution in [2.24, 2.45) is 0 Å². The number of carboxylic acid groups (broad SMARTS) is 1. The highest BCUT2D eigenvalue weighted by atomic mass is 32.2. The van der Waals surface area contributed by atoms with E-state index < -0.39 is 5.97 Å². The van der Waals surface area contributed by atoms with Gasteiger partial charge in [-0.15, -0.1) is 0 Å². The Morgan fingerprint density at radius 1 is 1.33 bits per heavy atom. The zero-order valence-corrected chi connectivity index (χ0v) is 12.2. The third-order valence-electron chi connectivity index (χ3n) is 2.94. The number of aromatic nitrogens is 3. The van der Waals surface area contributed by atoms with Gasteiger partial charge in [0.15, 0.2) is 10.8 Å². The molecule has 0 spiro atoms. The smallest absolute Gasteiger partial charge is 0.313 e. The lowest BCUT2D eigenvalue weighted by molar-refractivity contribution is -0.133. The van der Waals surface area contributed by atoms with Crippen molar-refractivity contribution in [3.63, 3.8) is 0 Å². The number of aryl methyl sites for hydroxylation is 1. The van der Waals surface area contributed by atoms with Crippen molar-refractivity contribution >= 4 is 28.9 Å². The zero-order valence-electron chi connectivity index (χ0n) is 11.4. The number of imidazole rings is 1. The Bertz CT molecular complexity index is 799. The topological polar surface area (TPSA) is 68.0 Å². The maximum atomic E-state index is 10.8. The van der Waals surface area contributed by atoms with Gasteiger partial charge in [-0.2, -0.15) is 0 Å². The van der Waals surface area contributed by atoms with Gasteiger partial charge in [-0.1, -0.05) is 30.0 Å². The molecule has 0 atom stereocenters. The highest BCUT2D eigenvalue weighted by molar-refractivity contribution is 7.99. The largest absolute Gasteiger partial charge is 0.481 e. The first-order valence-electron chi connectivity index (χ1n) is 6.40. The first-order chi connectivity index (χ1) is 10.1. The van der Waals surface area contributed by atoms with Gasteiger partial charge in [0.2, 0.25) is 0 Å². The molecule has 2 heterocycles. The third kappa shape index (κ3) is 2.75. The van der Waals surface area contributed by atoms with Gasteiger partial charge in [0.25, 0.3) is 0 Å². The molecule has 0 saturated heterocycles. The van der Waals surface area contributed by atoms with Crippen LogP contribution in [0.3, 0.4) is 0 Å². The highest BCUT2D eigenvalue weighted by Crippen LogP contribution is 2.27. The molecule has 21 heavy (non-hydrogen) atoms. The summed E-state index contributed by atoms with van der Waals surface area (Å²) >= 11 is 1.19. The second-order valence-corrected chi connectivity index (χ2v) is 5.55. The Hall–Kier alpha value is -2.34. The minimum absolute atomic E-state index is 0.0326. The van der Waals surface area contributed by atoms with E-state index in [0.717, 1.165) is 22.4 Å². The maximum Gasteiger partial charge on any atom is 0.313 e.